The Morgan fingerprint density at radius 1 is 1.35 bits per heavy atom. The molecule has 0 saturated heterocycles. The van der Waals surface area contributed by atoms with Crippen LogP contribution in [0, 0.1) is 11.8 Å². The van der Waals surface area contributed by atoms with Gasteiger partial charge < -0.3 is 4.90 Å². The van der Waals surface area contributed by atoms with Crippen LogP contribution in [-0.4, -0.2) is 33.2 Å². The van der Waals surface area contributed by atoms with E-state index in [1.807, 2.05) is 0 Å². The molecule has 1 saturated carbocycles. The average Bonchev–Trinajstić information content (AvgIpc) is 3.38. The maximum Gasteiger partial charge on any atom is 0.283 e. The van der Waals surface area contributed by atoms with Crippen molar-refractivity contribution in [1.29, 1.82) is 0 Å². The van der Waals surface area contributed by atoms with Crippen LogP contribution in [0.1, 0.15) is 40.9 Å². The zero-order valence-corrected chi connectivity index (χ0v) is 14.1. The molecule has 0 unspecified atom stereocenters. The molecule has 0 spiro atoms. The average molecular weight is 367 g/mol. The van der Waals surface area contributed by atoms with E-state index in [1.165, 1.54) is 23.1 Å². The van der Waals surface area contributed by atoms with Crippen LogP contribution >= 0.6 is 0 Å². The number of nitrogens with zero attached hydrogens (tertiary/aromatic N) is 3. The lowest BCUT2D eigenvalue weighted by Crippen LogP contribution is -2.35. The van der Waals surface area contributed by atoms with Gasteiger partial charge in [-0.2, -0.15) is 9.49 Å². The summed E-state index contributed by atoms with van der Waals surface area (Å²) in [5.74, 6) is -2.50. The molecule has 26 heavy (non-hydrogen) atoms. The standard InChI is InChI=1S/C18H17F4N3O/c1-10(12-5-3-4-6-13(12)19)9-25(11-7-8-11)18(26)14-15(16(20)21)23-24(2)17(14)22/h3-6,11,16H,1,7-9H2,2H3. The first-order valence-corrected chi connectivity index (χ1v) is 8.05. The number of hydrogen-bond acceptors (Lipinski definition) is 2. The minimum atomic E-state index is -3.08. The molecule has 1 amide bonds. The second-order valence-electron chi connectivity index (χ2n) is 6.22. The number of carbonyl (C=O) groups is 1. The normalized spacial score (nSPS) is 13.9. The van der Waals surface area contributed by atoms with Gasteiger partial charge in [0.25, 0.3) is 12.3 Å². The Bertz CT molecular complexity index is 858. The number of hydrogen-bond donors (Lipinski definition) is 0. The molecule has 0 radical (unpaired) electrons. The minimum absolute atomic E-state index is 0.0819. The first kappa shape index (κ1) is 18.2. The Kier molecular flexibility index (Phi) is 4.84. The fourth-order valence-electron chi connectivity index (χ4n) is 2.81. The van der Waals surface area contributed by atoms with Gasteiger partial charge in [0, 0.05) is 25.2 Å². The number of alkyl halides is 2. The lowest BCUT2D eigenvalue weighted by molar-refractivity contribution is 0.0747. The van der Waals surface area contributed by atoms with Crippen LogP contribution in [0.15, 0.2) is 30.8 Å². The van der Waals surface area contributed by atoms with Gasteiger partial charge in [-0.15, -0.1) is 0 Å². The van der Waals surface area contributed by atoms with Crippen molar-refractivity contribution in [3.63, 3.8) is 0 Å². The van der Waals surface area contributed by atoms with Crippen molar-refractivity contribution in [1.82, 2.24) is 14.7 Å². The molecule has 0 aliphatic heterocycles. The van der Waals surface area contributed by atoms with Crippen molar-refractivity contribution in [3.05, 3.63) is 59.4 Å². The zero-order chi connectivity index (χ0) is 19.0. The van der Waals surface area contributed by atoms with Gasteiger partial charge in [-0.1, -0.05) is 24.8 Å². The Hall–Kier alpha value is -2.64. The van der Waals surface area contributed by atoms with E-state index in [2.05, 4.69) is 11.7 Å². The van der Waals surface area contributed by atoms with E-state index in [-0.39, 0.29) is 18.2 Å². The molecule has 0 N–H and O–H groups in total. The third-order valence-electron chi connectivity index (χ3n) is 4.29. The fourth-order valence-corrected chi connectivity index (χ4v) is 2.81. The van der Waals surface area contributed by atoms with Gasteiger partial charge in [-0.25, -0.2) is 17.9 Å². The Balaban J connectivity index is 1.91. The molecule has 0 bridgehead atoms. The number of carbonyl (C=O) groups excluding carboxylic acids is 1. The maximum atomic E-state index is 14.2. The molecule has 138 valence electrons. The number of aryl methyl sites for hydroxylation is 1. The summed E-state index contributed by atoms with van der Waals surface area (Å²) in [6, 6.07) is 5.72. The summed E-state index contributed by atoms with van der Waals surface area (Å²) < 4.78 is 55.1. The highest BCUT2D eigenvalue weighted by Gasteiger charge is 2.38. The van der Waals surface area contributed by atoms with Crippen LogP contribution < -0.4 is 0 Å². The number of rotatable bonds is 6. The van der Waals surface area contributed by atoms with Crippen molar-refractivity contribution < 1.29 is 22.4 Å². The van der Waals surface area contributed by atoms with Crippen LogP contribution in [0.4, 0.5) is 17.6 Å². The second kappa shape index (κ2) is 6.93. The SMILES string of the molecule is C=C(CN(C(=O)c1c(C(F)F)nn(C)c1F)C1CC1)c1ccccc1F. The van der Waals surface area contributed by atoms with Crippen LogP contribution in [0.5, 0.6) is 0 Å². The van der Waals surface area contributed by atoms with Gasteiger partial charge >= 0.3 is 0 Å². The van der Waals surface area contributed by atoms with Gasteiger partial charge in [-0.3, -0.25) is 4.79 Å². The quantitative estimate of drug-likeness (QED) is 0.725. The van der Waals surface area contributed by atoms with Crippen molar-refractivity contribution in [2.75, 3.05) is 6.54 Å². The molecule has 3 rings (SSSR count). The first-order chi connectivity index (χ1) is 12.3. The predicted octanol–water partition coefficient (Wildman–Crippen LogP) is 3.95. The molecule has 0 atom stereocenters. The molecule has 4 nitrogen and oxygen atoms in total. The summed E-state index contributed by atoms with van der Waals surface area (Å²) in [4.78, 5) is 14.1. The van der Waals surface area contributed by atoms with Gasteiger partial charge in [0.15, 0.2) is 0 Å². The number of amides is 1. The smallest absolute Gasteiger partial charge is 0.283 e. The summed E-state index contributed by atoms with van der Waals surface area (Å²) in [5, 5.41) is 3.41. The lowest BCUT2D eigenvalue weighted by Gasteiger charge is -2.24. The van der Waals surface area contributed by atoms with E-state index < -0.39 is 35.4 Å². The molecule has 1 heterocycles. The van der Waals surface area contributed by atoms with Crippen LogP contribution in [-0.2, 0) is 7.05 Å². The molecule has 1 fully saturated rings. The van der Waals surface area contributed by atoms with E-state index in [9.17, 15) is 22.4 Å². The van der Waals surface area contributed by atoms with Crippen LogP contribution in [0.2, 0.25) is 0 Å². The monoisotopic (exact) mass is 367 g/mol. The van der Waals surface area contributed by atoms with Gasteiger partial charge in [0.05, 0.1) is 0 Å². The minimum Gasteiger partial charge on any atom is -0.331 e. The predicted molar refractivity (Wildman–Crippen MR) is 87.6 cm³/mol. The molecular formula is C18H17F4N3O. The van der Waals surface area contributed by atoms with E-state index in [4.69, 9.17) is 0 Å². The largest absolute Gasteiger partial charge is 0.331 e. The highest BCUT2D eigenvalue weighted by atomic mass is 19.3. The van der Waals surface area contributed by atoms with Crippen LogP contribution in [0.25, 0.3) is 5.57 Å². The number of halogens is 4. The summed E-state index contributed by atoms with van der Waals surface area (Å²) in [5.41, 5.74) is -1.09. The third kappa shape index (κ3) is 3.36. The summed E-state index contributed by atoms with van der Waals surface area (Å²) in [6.07, 6.45) is -1.75. The lowest BCUT2D eigenvalue weighted by atomic mass is 10.1. The number of benzene rings is 1. The highest BCUT2D eigenvalue weighted by molar-refractivity contribution is 5.96. The highest BCUT2D eigenvalue weighted by Crippen LogP contribution is 2.33. The summed E-state index contributed by atoms with van der Waals surface area (Å²) >= 11 is 0. The van der Waals surface area contributed by atoms with Gasteiger partial charge in [-0.05, 0) is 24.5 Å². The second-order valence-corrected chi connectivity index (χ2v) is 6.22. The molecule has 2 aromatic rings. The van der Waals surface area contributed by atoms with Crippen molar-refractivity contribution in [3.8, 4) is 0 Å². The first-order valence-electron chi connectivity index (χ1n) is 8.05. The molecule has 1 aromatic carbocycles. The Labute approximate surface area is 147 Å². The molecule has 8 heteroatoms. The summed E-state index contributed by atoms with van der Waals surface area (Å²) in [7, 11) is 1.15. The molecule has 1 aliphatic rings. The third-order valence-corrected chi connectivity index (χ3v) is 4.29. The van der Waals surface area contributed by atoms with Crippen LogP contribution in [0.3, 0.4) is 0 Å². The van der Waals surface area contributed by atoms with E-state index in [1.54, 1.807) is 6.07 Å². The number of aromatic nitrogens is 2. The van der Waals surface area contributed by atoms with E-state index in [0.29, 0.717) is 23.1 Å². The molecule has 1 aliphatic carbocycles. The summed E-state index contributed by atoms with van der Waals surface area (Å²) in [6.45, 7) is 3.72. The maximum absolute atomic E-state index is 14.2. The van der Waals surface area contributed by atoms with Crippen molar-refractivity contribution >= 4 is 11.5 Å². The van der Waals surface area contributed by atoms with E-state index >= 15 is 0 Å². The van der Waals surface area contributed by atoms with Crippen molar-refractivity contribution in [2.24, 2.45) is 7.05 Å². The Morgan fingerprint density at radius 3 is 2.58 bits per heavy atom. The van der Waals surface area contributed by atoms with Crippen molar-refractivity contribution in [2.45, 2.75) is 25.3 Å². The zero-order valence-electron chi connectivity index (χ0n) is 14.1. The van der Waals surface area contributed by atoms with Gasteiger partial charge in [0.1, 0.15) is 17.1 Å². The molecular weight excluding hydrogens is 350 g/mol. The Morgan fingerprint density at radius 2 is 2.00 bits per heavy atom. The topological polar surface area (TPSA) is 38.1 Å². The fraction of sp³-hybridized carbons (Fsp3) is 0.333. The molecule has 1 aromatic heterocycles. The van der Waals surface area contributed by atoms with E-state index in [0.717, 1.165) is 7.05 Å². The van der Waals surface area contributed by atoms with Gasteiger partial charge in [0.2, 0.25) is 5.95 Å².